The van der Waals surface area contributed by atoms with E-state index in [0.717, 1.165) is 26.1 Å². The van der Waals surface area contributed by atoms with Crippen LogP contribution in [0.5, 0.6) is 0 Å². The van der Waals surface area contributed by atoms with Gasteiger partial charge in [0.25, 0.3) is 5.91 Å². The summed E-state index contributed by atoms with van der Waals surface area (Å²) >= 11 is 5.89. The molecule has 1 amide bonds. The highest BCUT2D eigenvalue weighted by atomic mass is 35.5. The Morgan fingerprint density at radius 3 is 2.48 bits per heavy atom. The van der Waals surface area contributed by atoms with E-state index in [1.165, 1.54) is 0 Å². The summed E-state index contributed by atoms with van der Waals surface area (Å²) in [5.74, 6) is 0.233. The SMILES string of the molecule is CNC[C@@H]1CCN(C(=O)c2ccccc2C(=O)c2ccc(Cl)cc2)C1. The number of halogens is 1. The fourth-order valence-corrected chi connectivity index (χ4v) is 3.39. The van der Waals surface area contributed by atoms with Crippen molar-refractivity contribution in [3.63, 3.8) is 0 Å². The third-order valence-electron chi connectivity index (χ3n) is 4.57. The molecular weight excluding hydrogens is 336 g/mol. The van der Waals surface area contributed by atoms with Crippen LogP contribution >= 0.6 is 11.6 Å². The van der Waals surface area contributed by atoms with Crippen LogP contribution in [0.15, 0.2) is 48.5 Å². The molecule has 2 aromatic carbocycles. The molecule has 1 atom stereocenters. The van der Waals surface area contributed by atoms with Gasteiger partial charge in [-0.25, -0.2) is 0 Å². The summed E-state index contributed by atoms with van der Waals surface area (Å²) in [5, 5.41) is 3.74. The fourth-order valence-electron chi connectivity index (χ4n) is 3.27. The van der Waals surface area contributed by atoms with Crippen molar-refractivity contribution in [2.45, 2.75) is 6.42 Å². The van der Waals surface area contributed by atoms with E-state index < -0.39 is 0 Å². The van der Waals surface area contributed by atoms with Crippen LogP contribution in [-0.2, 0) is 0 Å². The van der Waals surface area contributed by atoms with Gasteiger partial charge in [0.1, 0.15) is 0 Å². The lowest BCUT2D eigenvalue weighted by Gasteiger charge is -2.18. The number of benzene rings is 2. The minimum absolute atomic E-state index is 0.0727. The highest BCUT2D eigenvalue weighted by molar-refractivity contribution is 6.30. The maximum atomic E-state index is 12.9. The van der Waals surface area contributed by atoms with Gasteiger partial charge >= 0.3 is 0 Å². The standard InChI is InChI=1S/C20H21ClN2O2/c1-22-12-14-10-11-23(13-14)20(25)18-5-3-2-4-17(18)19(24)15-6-8-16(21)9-7-15/h2-9,14,22H,10-13H2,1H3/t14-/m0/s1. The molecule has 1 heterocycles. The van der Waals surface area contributed by atoms with Crippen molar-refractivity contribution >= 4 is 23.3 Å². The maximum absolute atomic E-state index is 12.9. The highest BCUT2D eigenvalue weighted by Crippen LogP contribution is 2.22. The highest BCUT2D eigenvalue weighted by Gasteiger charge is 2.28. The second-order valence-corrected chi connectivity index (χ2v) is 6.78. The van der Waals surface area contributed by atoms with E-state index in [2.05, 4.69) is 5.32 Å². The van der Waals surface area contributed by atoms with Gasteiger partial charge in [-0.2, -0.15) is 0 Å². The van der Waals surface area contributed by atoms with Gasteiger partial charge in [-0.05, 0) is 56.3 Å². The summed E-state index contributed by atoms with van der Waals surface area (Å²) in [6.07, 6.45) is 0.986. The Bertz CT molecular complexity index is 774. The molecule has 0 bridgehead atoms. The van der Waals surface area contributed by atoms with Crippen LogP contribution in [-0.4, -0.2) is 43.3 Å². The third kappa shape index (κ3) is 3.91. The molecule has 0 saturated carbocycles. The molecule has 1 aliphatic rings. The van der Waals surface area contributed by atoms with Gasteiger partial charge in [-0.1, -0.05) is 29.8 Å². The Kier molecular flexibility index (Phi) is 5.51. The van der Waals surface area contributed by atoms with E-state index in [0.29, 0.717) is 27.6 Å². The molecule has 0 aromatic heterocycles. The first kappa shape index (κ1) is 17.6. The summed E-state index contributed by atoms with van der Waals surface area (Å²) < 4.78 is 0. The summed E-state index contributed by atoms with van der Waals surface area (Å²) in [5.41, 5.74) is 1.43. The van der Waals surface area contributed by atoms with Crippen LogP contribution in [0.1, 0.15) is 32.7 Å². The summed E-state index contributed by atoms with van der Waals surface area (Å²) in [6, 6.07) is 13.8. The van der Waals surface area contributed by atoms with E-state index in [1.807, 2.05) is 11.9 Å². The smallest absolute Gasteiger partial charge is 0.254 e. The van der Waals surface area contributed by atoms with E-state index in [4.69, 9.17) is 11.6 Å². The third-order valence-corrected chi connectivity index (χ3v) is 4.83. The van der Waals surface area contributed by atoms with Crippen LogP contribution in [0.3, 0.4) is 0 Å². The zero-order valence-electron chi connectivity index (χ0n) is 14.2. The normalized spacial score (nSPS) is 16.9. The molecule has 1 saturated heterocycles. The lowest BCUT2D eigenvalue weighted by atomic mass is 9.97. The topological polar surface area (TPSA) is 49.4 Å². The van der Waals surface area contributed by atoms with Crippen molar-refractivity contribution in [2.75, 3.05) is 26.7 Å². The van der Waals surface area contributed by atoms with Crippen molar-refractivity contribution in [3.05, 3.63) is 70.2 Å². The van der Waals surface area contributed by atoms with E-state index in [-0.39, 0.29) is 11.7 Å². The molecule has 1 N–H and O–H groups in total. The van der Waals surface area contributed by atoms with Crippen molar-refractivity contribution < 1.29 is 9.59 Å². The Morgan fingerprint density at radius 1 is 1.12 bits per heavy atom. The number of nitrogens with zero attached hydrogens (tertiary/aromatic N) is 1. The van der Waals surface area contributed by atoms with Crippen LogP contribution in [0, 0.1) is 5.92 Å². The second kappa shape index (κ2) is 7.81. The Hall–Kier alpha value is -2.17. The van der Waals surface area contributed by atoms with Gasteiger partial charge in [-0.15, -0.1) is 0 Å². The summed E-state index contributed by atoms with van der Waals surface area (Å²) in [4.78, 5) is 27.6. The van der Waals surface area contributed by atoms with Crippen molar-refractivity contribution in [2.24, 2.45) is 5.92 Å². The monoisotopic (exact) mass is 356 g/mol. The first-order chi connectivity index (χ1) is 12.1. The molecule has 130 valence electrons. The first-order valence-electron chi connectivity index (χ1n) is 8.43. The second-order valence-electron chi connectivity index (χ2n) is 6.35. The number of rotatable bonds is 5. The number of carbonyl (C=O) groups is 2. The fraction of sp³-hybridized carbons (Fsp3) is 0.300. The quantitative estimate of drug-likeness (QED) is 0.837. The molecule has 0 unspecified atom stereocenters. The number of likely N-dealkylation sites (tertiary alicyclic amines) is 1. The molecule has 1 fully saturated rings. The van der Waals surface area contributed by atoms with Crippen LogP contribution < -0.4 is 5.32 Å². The average Bonchev–Trinajstić information content (AvgIpc) is 3.10. The molecule has 3 rings (SSSR count). The van der Waals surface area contributed by atoms with E-state index in [1.54, 1.807) is 48.5 Å². The molecule has 0 aliphatic carbocycles. The molecule has 2 aromatic rings. The Morgan fingerprint density at radius 2 is 1.80 bits per heavy atom. The number of hydrogen-bond donors (Lipinski definition) is 1. The maximum Gasteiger partial charge on any atom is 0.254 e. The van der Waals surface area contributed by atoms with Crippen LogP contribution in [0.4, 0.5) is 0 Å². The number of ketones is 1. The Balaban J connectivity index is 1.85. The number of hydrogen-bond acceptors (Lipinski definition) is 3. The average molecular weight is 357 g/mol. The predicted molar refractivity (Wildman–Crippen MR) is 99.3 cm³/mol. The molecule has 1 aliphatic heterocycles. The predicted octanol–water partition coefficient (Wildman–Crippen LogP) is 3.25. The summed E-state index contributed by atoms with van der Waals surface area (Å²) in [6.45, 7) is 2.35. The zero-order valence-corrected chi connectivity index (χ0v) is 14.9. The van der Waals surface area contributed by atoms with Crippen molar-refractivity contribution in [1.82, 2.24) is 10.2 Å². The molecular formula is C20H21ClN2O2. The number of carbonyl (C=O) groups excluding carboxylic acids is 2. The lowest BCUT2D eigenvalue weighted by Crippen LogP contribution is -2.31. The van der Waals surface area contributed by atoms with Crippen LogP contribution in [0.25, 0.3) is 0 Å². The molecule has 0 radical (unpaired) electrons. The number of amides is 1. The van der Waals surface area contributed by atoms with Gasteiger partial charge in [0.05, 0.1) is 5.56 Å². The minimum Gasteiger partial charge on any atom is -0.338 e. The van der Waals surface area contributed by atoms with Crippen molar-refractivity contribution in [3.8, 4) is 0 Å². The Labute approximate surface area is 152 Å². The van der Waals surface area contributed by atoms with Crippen molar-refractivity contribution in [1.29, 1.82) is 0 Å². The number of nitrogens with one attached hydrogen (secondary N) is 1. The minimum atomic E-state index is -0.161. The van der Waals surface area contributed by atoms with Gasteiger partial charge < -0.3 is 10.2 Å². The molecule has 0 spiro atoms. The molecule has 5 heteroatoms. The van der Waals surface area contributed by atoms with Crippen LogP contribution in [0.2, 0.25) is 5.02 Å². The van der Waals surface area contributed by atoms with Gasteiger partial charge in [0.2, 0.25) is 0 Å². The zero-order chi connectivity index (χ0) is 17.8. The van der Waals surface area contributed by atoms with Gasteiger partial charge in [-0.3, -0.25) is 9.59 Å². The molecule has 4 nitrogen and oxygen atoms in total. The van der Waals surface area contributed by atoms with E-state index in [9.17, 15) is 9.59 Å². The van der Waals surface area contributed by atoms with Gasteiger partial charge in [0.15, 0.2) is 5.78 Å². The first-order valence-corrected chi connectivity index (χ1v) is 8.81. The van der Waals surface area contributed by atoms with E-state index >= 15 is 0 Å². The lowest BCUT2D eigenvalue weighted by molar-refractivity contribution is 0.0782. The molecule has 25 heavy (non-hydrogen) atoms. The summed E-state index contributed by atoms with van der Waals surface area (Å²) in [7, 11) is 1.92. The van der Waals surface area contributed by atoms with Gasteiger partial charge in [0, 0.05) is 29.2 Å². The largest absolute Gasteiger partial charge is 0.338 e.